The Kier molecular flexibility index (Phi) is 8.23. The molecule has 0 heterocycles. The molecule has 0 aromatic heterocycles. The lowest BCUT2D eigenvalue weighted by Crippen LogP contribution is -2.49. The largest absolute Gasteiger partial charge is 0.367 e. The van der Waals surface area contributed by atoms with Gasteiger partial charge in [-0.15, -0.1) is 0 Å². The zero-order valence-electron chi connectivity index (χ0n) is 17.6. The van der Waals surface area contributed by atoms with Crippen molar-refractivity contribution in [3.8, 4) is 0 Å². The Bertz CT molecular complexity index is 1020. The fourth-order valence-corrected chi connectivity index (χ4v) is 4.23. The van der Waals surface area contributed by atoms with Gasteiger partial charge in [-0.25, -0.2) is 0 Å². The van der Waals surface area contributed by atoms with Crippen LogP contribution in [0.15, 0.2) is 101 Å². The average Bonchev–Trinajstić information content (AvgIpc) is 2.85. The van der Waals surface area contributed by atoms with Gasteiger partial charge in [0.1, 0.15) is 12.2 Å². The van der Waals surface area contributed by atoms with Gasteiger partial charge in [0.2, 0.25) is 0 Å². The van der Waals surface area contributed by atoms with Crippen LogP contribution < -0.4 is 0 Å². The summed E-state index contributed by atoms with van der Waals surface area (Å²) < 4.78 is 19.2. The van der Waals surface area contributed by atoms with Crippen molar-refractivity contribution in [1.82, 2.24) is 0 Å². The summed E-state index contributed by atoms with van der Waals surface area (Å²) in [5.41, 5.74) is 3.11. The van der Waals surface area contributed by atoms with Gasteiger partial charge in [-0.2, -0.15) is 0 Å². The minimum Gasteiger partial charge on any atom is -0.367 e. The second-order valence-electron chi connectivity index (χ2n) is 7.62. The van der Waals surface area contributed by atoms with E-state index in [1.54, 1.807) is 0 Å². The molecule has 0 saturated carbocycles. The molecule has 5 heteroatoms. The molecule has 0 spiro atoms. The van der Waals surface area contributed by atoms with Gasteiger partial charge in [-0.3, -0.25) is 4.79 Å². The number of halogens is 1. The van der Waals surface area contributed by atoms with Crippen molar-refractivity contribution in [2.75, 3.05) is 0 Å². The molecule has 0 fully saturated rings. The van der Waals surface area contributed by atoms with Crippen LogP contribution in [0.5, 0.6) is 0 Å². The van der Waals surface area contributed by atoms with Gasteiger partial charge in [0.15, 0.2) is 11.9 Å². The van der Waals surface area contributed by atoms with E-state index in [0.717, 1.165) is 16.7 Å². The van der Waals surface area contributed by atoms with E-state index in [-0.39, 0.29) is 5.78 Å². The van der Waals surface area contributed by atoms with Crippen molar-refractivity contribution in [3.05, 3.63) is 117 Å². The highest BCUT2D eigenvalue weighted by Gasteiger charge is 2.41. The van der Waals surface area contributed by atoms with Crippen LogP contribution in [0.25, 0.3) is 0 Å². The summed E-state index contributed by atoms with van der Waals surface area (Å²) in [7, 11) is 0. The molecule has 3 atom stereocenters. The van der Waals surface area contributed by atoms with Gasteiger partial charge in [0.05, 0.1) is 23.4 Å². The molecule has 0 unspecified atom stereocenters. The smallest absolute Gasteiger partial charge is 0.200 e. The molecule has 0 saturated heterocycles. The Labute approximate surface area is 202 Å². The molecule has 164 valence electrons. The maximum absolute atomic E-state index is 13.1. The van der Waals surface area contributed by atoms with Gasteiger partial charge in [0.25, 0.3) is 0 Å². The van der Waals surface area contributed by atoms with Crippen molar-refractivity contribution in [1.29, 1.82) is 0 Å². The molecule has 4 rings (SSSR count). The van der Waals surface area contributed by atoms with Crippen LogP contribution in [0.2, 0.25) is 0 Å². The molecule has 0 radical (unpaired) electrons. The molecular formula is C27H25IO4. The van der Waals surface area contributed by atoms with E-state index in [0.29, 0.717) is 23.4 Å². The quantitative estimate of drug-likeness (QED) is 0.330. The molecule has 32 heavy (non-hydrogen) atoms. The Balaban J connectivity index is 1.53. The van der Waals surface area contributed by atoms with Crippen LogP contribution in [-0.2, 0) is 38.8 Å². The Hall–Kier alpha value is -2.32. The number of rotatable bonds is 9. The van der Waals surface area contributed by atoms with E-state index in [4.69, 9.17) is 14.2 Å². The summed E-state index contributed by atoms with van der Waals surface area (Å²) in [5.74, 6) is -0.0702. The SMILES string of the molecule is O=C1C(I)=C[C@@H](OCc2ccccc2)[C@@H](OCc2ccccc2)[C@@H]1OCc1ccccc1. The number of hydrogen-bond donors (Lipinski definition) is 0. The van der Waals surface area contributed by atoms with Crippen molar-refractivity contribution in [3.63, 3.8) is 0 Å². The first kappa shape index (κ1) is 22.9. The van der Waals surface area contributed by atoms with Crippen LogP contribution in [-0.4, -0.2) is 24.1 Å². The molecule has 0 aliphatic heterocycles. The zero-order valence-corrected chi connectivity index (χ0v) is 19.8. The number of ketones is 1. The van der Waals surface area contributed by atoms with Gasteiger partial charge in [-0.05, 0) is 45.4 Å². The average molecular weight is 540 g/mol. The fraction of sp³-hybridized carbons (Fsp3) is 0.222. The molecule has 3 aromatic carbocycles. The van der Waals surface area contributed by atoms with Crippen molar-refractivity contribution < 1.29 is 19.0 Å². The molecule has 4 nitrogen and oxygen atoms in total. The van der Waals surface area contributed by atoms with E-state index >= 15 is 0 Å². The number of carbonyl (C=O) groups is 1. The topological polar surface area (TPSA) is 44.8 Å². The van der Waals surface area contributed by atoms with Crippen LogP contribution >= 0.6 is 22.6 Å². The summed E-state index contributed by atoms with van der Waals surface area (Å²) >= 11 is 2.07. The van der Waals surface area contributed by atoms with Crippen LogP contribution in [0, 0.1) is 0 Å². The fourth-order valence-electron chi connectivity index (χ4n) is 3.57. The summed E-state index contributed by atoms with van der Waals surface area (Å²) in [6, 6.07) is 29.7. The standard InChI is InChI=1S/C27H25IO4/c28-23-16-24(30-17-20-10-4-1-5-11-20)26(31-18-21-12-6-2-7-13-21)27(25(23)29)32-19-22-14-8-3-9-15-22/h1-16,24,26-27H,17-19H2/t24-,26-,27-/m1/s1. The summed E-state index contributed by atoms with van der Waals surface area (Å²) in [4.78, 5) is 13.1. The normalized spacial score (nSPS) is 20.7. The zero-order chi connectivity index (χ0) is 22.2. The van der Waals surface area contributed by atoms with Gasteiger partial charge < -0.3 is 14.2 Å². The first-order valence-corrected chi connectivity index (χ1v) is 11.7. The molecule has 1 aliphatic carbocycles. The van der Waals surface area contributed by atoms with Crippen molar-refractivity contribution >= 4 is 28.4 Å². The maximum Gasteiger partial charge on any atom is 0.200 e. The van der Waals surface area contributed by atoms with E-state index < -0.39 is 18.3 Å². The van der Waals surface area contributed by atoms with E-state index in [1.807, 2.05) is 97.1 Å². The second kappa shape index (κ2) is 11.5. The van der Waals surface area contributed by atoms with Crippen LogP contribution in [0.1, 0.15) is 16.7 Å². The van der Waals surface area contributed by atoms with E-state index in [2.05, 4.69) is 22.6 Å². The Morgan fingerprint density at radius 2 is 1.06 bits per heavy atom. The summed E-state index contributed by atoms with van der Waals surface area (Å²) in [6.45, 7) is 1.13. The Morgan fingerprint density at radius 1 is 0.625 bits per heavy atom. The highest BCUT2D eigenvalue weighted by Crippen LogP contribution is 2.29. The minimum atomic E-state index is -0.739. The third-order valence-electron chi connectivity index (χ3n) is 5.27. The van der Waals surface area contributed by atoms with Crippen LogP contribution in [0.3, 0.4) is 0 Å². The van der Waals surface area contributed by atoms with Gasteiger partial charge >= 0.3 is 0 Å². The third-order valence-corrected chi connectivity index (χ3v) is 6.16. The lowest BCUT2D eigenvalue weighted by molar-refractivity contribution is -0.160. The van der Waals surface area contributed by atoms with Gasteiger partial charge in [0, 0.05) is 0 Å². The van der Waals surface area contributed by atoms with Crippen molar-refractivity contribution in [2.24, 2.45) is 0 Å². The molecule has 0 N–H and O–H groups in total. The maximum atomic E-state index is 13.1. The number of ether oxygens (including phenoxy) is 3. The predicted molar refractivity (Wildman–Crippen MR) is 132 cm³/mol. The monoisotopic (exact) mass is 540 g/mol. The highest BCUT2D eigenvalue weighted by molar-refractivity contribution is 14.1. The van der Waals surface area contributed by atoms with Crippen molar-refractivity contribution in [2.45, 2.75) is 38.1 Å². The molecule has 3 aromatic rings. The van der Waals surface area contributed by atoms with Crippen LogP contribution in [0.4, 0.5) is 0 Å². The molecule has 1 aliphatic rings. The Morgan fingerprint density at radius 3 is 1.56 bits per heavy atom. The third kappa shape index (κ3) is 6.13. The second-order valence-corrected chi connectivity index (χ2v) is 8.78. The van der Waals surface area contributed by atoms with E-state index in [9.17, 15) is 4.79 Å². The number of benzene rings is 3. The first-order valence-electron chi connectivity index (χ1n) is 10.6. The van der Waals surface area contributed by atoms with E-state index in [1.165, 1.54) is 0 Å². The summed E-state index contributed by atoms with van der Waals surface area (Å²) in [5, 5.41) is 0. The lowest BCUT2D eigenvalue weighted by Gasteiger charge is -2.35. The molecule has 0 amide bonds. The highest BCUT2D eigenvalue weighted by atomic mass is 127. The number of Topliss-reactive ketones (excluding diaryl/α,β-unsaturated/α-hetero) is 1. The number of hydrogen-bond acceptors (Lipinski definition) is 4. The number of carbonyl (C=O) groups excluding carboxylic acids is 1. The minimum absolute atomic E-state index is 0.0702. The lowest BCUT2D eigenvalue weighted by atomic mass is 9.96. The first-order chi connectivity index (χ1) is 15.7. The molecular weight excluding hydrogens is 515 g/mol. The molecule has 0 bridgehead atoms. The predicted octanol–water partition coefficient (Wildman–Crippen LogP) is 5.64. The summed E-state index contributed by atoms with van der Waals surface area (Å²) in [6.07, 6.45) is 0.165. The van der Waals surface area contributed by atoms with Gasteiger partial charge in [-0.1, -0.05) is 91.0 Å².